The highest BCUT2D eigenvalue weighted by atomic mass is 35.5. The third-order valence-electron chi connectivity index (χ3n) is 3.85. The van der Waals surface area contributed by atoms with Gasteiger partial charge in [0.25, 0.3) is 11.8 Å². The van der Waals surface area contributed by atoms with Gasteiger partial charge < -0.3 is 14.6 Å². The van der Waals surface area contributed by atoms with Crippen LogP contribution in [-0.2, 0) is 4.79 Å². The van der Waals surface area contributed by atoms with Gasteiger partial charge in [-0.2, -0.15) is 0 Å². The summed E-state index contributed by atoms with van der Waals surface area (Å²) in [6, 6.07) is 9.45. The van der Waals surface area contributed by atoms with Crippen LogP contribution in [0.5, 0.6) is 5.75 Å². The number of rotatable bonds is 5. The van der Waals surface area contributed by atoms with E-state index in [0.717, 1.165) is 16.7 Å². The van der Waals surface area contributed by atoms with Gasteiger partial charge in [-0.1, -0.05) is 46.9 Å². The van der Waals surface area contributed by atoms with Gasteiger partial charge >= 0.3 is 5.17 Å². The minimum atomic E-state index is -1.34. The average Bonchev–Trinajstić information content (AvgIpc) is 2.95. The van der Waals surface area contributed by atoms with Gasteiger partial charge in [-0.25, -0.2) is 0 Å². The summed E-state index contributed by atoms with van der Waals surface area (Å²) in [5.74, 6) is -1.63. The Hall–Kier alpha value is -2.46. The third kappa shape index (κ3) is 6.27. The lowest BCUT2D eigenvalue weighted by Crippen LogP contribution is -2.44. The molecule has 1 atom stereocenters. The van der Waals surface area contributed by atoms with E-state index in [1.165, 1.54) is 19.1 Å². The zero-order chi connectivity index (χ0) is 23.3. The van der Waals surface area contributed by atoms with Crippen LogP contribution in [0.1, 0.15) is 27.6 Å². The Bertz CT molecular complexity index is 1020. The number of amides is 2. The number of imide groups is 1. The highest BCUT2D eigenvalue weighted by Gasteiger charge is 2.35. The number of amidine groups is 1. The topological polar surface area (TPSA) is 138 Å². The molecule has 31 heavy (non-hydrogen) atoms. The van der Waals surface area contributed by atoms with E-state index in [2.05, 4.69) is 0 Å². The molecule has 2 aromatic carbocycles. The number of carboxylic acids is 1. The van der Waals surface area contributed by atoms with Crippen LogP contribution in [0.3, 0.4) is 0 Å². The van der Waals surface area contributed by atoms with E-state index in [4.69, 9.17) is 50.7 Å². The number of carbonyl (C=O) groups excluding carboxylic acids is 3. The molecule has 8 nitrogen and oxygen atoms in total. The first kappa shape index (κ1) is 24.8. The molecule has 0 aromatic heterocycles. The van der Waals surface area contributed by atoms with E-state index in [9.17, 15) is 19.5 Å². The number of benzene rings is 2. The molecule has 1 aliphatic heterocycles. The summed E-state index contributed by atoms with van der Waals surface area (Å²) in [5.41, 5.74) is 6.14. The quantitative estimate of drug-likeness (QED) is 0.270. The Morgan fingerprint density at radius 3 is 2.13 bits per heavy atom. The average molecular weight is 505 g/mol. The summed E-state index contributed by atoms with van der Waals surface area (Å²) in [4.78, 5) is 35.2. The van der Waals surface area contributed by atoms with Gasteiger partial charge in [0, 0.05) is 6.07 Å². The first-order chi connectivity index (χ1) is 14.5. The Morgan fingerprint density at radius 2 is 1.65 bits per heavy atom. The number of carbonyl (C=O) groups is 3. The lowest BCUT2D eigenvalue weighted by molar-refractivity contribution is -0.312. The van der Waals surface area contributed by atoms with Crippen molar-refractivity contribution >= 4 is 69.5 Å². The maximum absolute atomic E-state index is 11.8. The molecular weight excluding hydrogens is 489 g/mol. The number of fused-ring (bicyclic) bond motifs is 1. The van der Waals surface area contributed by atoms with Crippen molar-refractivity contribution in [1.29, 1.82) is 0 Å². The molecule has 1 unspecified atom stereocenters. The van der Waals surface area contributed by atoms with Crippen molar-refractivity contribution in [2.45, 2.75) is 13.0 Å². The summed E-state index contributed by atoms with van der Waals surface area (Å²) in [7, 11) is 0. The molecule has 1 aliphatic rings. The van der Waals surface area contributed by atoms with E-state index >= 15 is 0 Å². The lowest BCUT2D eigenvalue weighted by atomic mass is 10.1. The second-order valence-corrected chi connectivity index (χ2v) is 8.28. The van der Waals surface area contributed by atoms with Gasteiger partial charge in [0.15, 0.2) is 0 Å². The highest BCUT2D eigenvalue weighted by Crippen LogP contribution is 2.34. The number of nitrogens with two attached hydrogens (primary N) is 2. The largest absolute Gasteiger partial charge is 0.546 e. The Kier molecular flexibility index (Phi) is 8.58. The Morgan fingerprint density at radius 1 is 1.13 bits per heavy atom. The molecule has 164 valence electrons. The van der Waals surface area contributed by atoms with Crippen molar-refractivity contribution in [2.75, 3.05) is 5.88 Å². The second kappa shape index (κ2) is 10.7. The van der Waals surface area contributed by atoms with Crippen molar-refractivity contribution in [2.24, 2.45) is 5.73 Å². The number of thioether (sulfide) groups is 1. The van der Waals surface area contributed by atoms with Crippen molar-refractivity contribution < 1.29 is 29.6 Å². The molecule has 0 saturated carbocycles. The first-order valence-electron chi connectivity index (χ1n) is 8.50. The number of carboxylic acid groups (broad SMARTS) is 1. The zero-order valence-electron chi connectivity index (χ0n) is 15.9. The molecule has 0 bridgehead atoms. The molecule has 1 heterocycles. The molecular formula is C19H16Cl3N3O5S. The maximum Gasteiger partial charge on any atom is 0.301 e. The van der Waals surface area contributed by atoms with E-state index in [0.29, 0.717) is 11.1 Å². The molecule has 12 heteroatoms. The lowest BCUT2D eigenvalue weighted by Gasteiger charge is -2.16. The number of ether oxygens (including phenoxy) is 1. The summed E-state index contributed by atoms with van der Waals surface area (Å²) >= 11 is 18.2. The van der Waals surface area contributed by atoms with Crippen molar-refractivity contribution in [3.63, 3.8) is 0 Å². The molecule has 2 amide bonds. The van der Waals surface area contributed by atoms with Gasteiger partial charge in [-0.15, -0.1) is 0 Å². The monoisotopic (exact) mass is 503 g/mol. The fourth-order valence-electron chi connectivity index (χ4n) is 2.33. The standard InChI is InChI=1S/C10H9N3O2S.C9H7Cl3O3/c11-10(12)16-5-13-8(14)6-3-1-2-4-7(6)9(13)15;1-4(9(13)14)15-8-3-6(11)5(10)2-7(8)12/h1-4H,5H2,(H3,11,12);2-4H,1H3,(H,13,14). The molecule has 0 saturated heterocycles. The molecule has 0 aliphatic carbocycles. The van der Waals surface area contributed by atoms with Crippen LogP contribution in [0.4, 0.5) is 0 Å². The van der Waals surface area contributed by atoms with Gasteiger partial charge in [0.1, 0.15) is 11.9 Å². The predicted octanol–water partition coefficient (Wildman–Crippen LogP) is 1.21. The number of hydrogen-bond acceptors (Lipinski definition) is 6. The predicted molar refractivity (Wildman–Crippen MR) is 117 cm³/mol. The van der Waals surface area contributed by atoms with Crippen LogP contribution in [0, 0.1) is 0 Å². The van der Waals surface area contributed by atoms with E-state index in [1.54, 1.807) is 24.3 Å². The molecule has 0 fully saturated rings. The van der Waals surface area contributed by atoms with E-state index in [-0.39, 0.29) is 43.7 Å². The Balaban J connectivity index is 0.000000221. The van der Waals surface area contributed by atoms with Crippen LogP contribution in [0.25, 0.3) is 0 Å². The fourth-order valence-corrected chi connectivity index (χ4v) is 3.42. The molecule has 4 N–H and O–H groups in total. The second-order valence-electron chi connectivity index (χ2n) is 6.04. The number of hydrogen-bond donors (Lipinski definition) is 2. The molecule has 0 spiro atoms. The highest BCUT2D eigenvalue weighted by molar-refractivity contribution is 8.13. The summed E-state index contributed by atoms with van der Waals surface area (Å²) in [6.07, 6.45) is -1.11. The van der Waals surface area contributed by atoms with E-state index < -0.39 is 12.1 Å². The minimum absolute atomic E-state index is 0.136. The van der Waals surface area contributed by atoms with E-state index in [1.807, 2.05) is 0 Å². The van der Waals surface area contributed by atoms with Crippen LogP contribution in [0.2, 0.25) is 15.1 Å². The first-order valence-corrected chi connectivity index (χ1v) is 10.6. The van der Waals surface area contributed by atoms with Crippen LogP contribution >= 0.6 is 46.6 Å². The van der Waals surface area contributed by atoms with Gasteiger partial charge in [-0.3, -0.25) is 25.6 Å². The maximum atomic E-state index is 11.8. The SMILES string of the molecule is CC(Oc1cc(Cl)c(Cl)cc1Cl)C(=O)[O-].NC(=[NH2+])SCN1C(=O)c2ccccc2C1=O. The van der Waals surface area contributed by atoms with Gasteiger partial charge in [-0.05, 0) is 36.9 Å². The third-order valence-corrected chi connectivity index (χ3v) is 5.59. The molecule has 0 radical (unpaired) electrons. The summed E-state index contributed by atoms with van der Waals surface area (Å²) in [5, 5.41) is 16.5. The van der Waals surface area contributed by atoms with Crippen LogP contribution in [0.15, 0.2) is 36.4 Å². The smallest absolute Gasteiger partial charge is 0.301 e. The minimum Gasteiger partial charge on any atom is -0.546 e. The number of aliphatic carboxylic acids is 1. The zero-order valence-corrected chi connectivity index (χ0v) is 19.0. The van der Waals surface area contributed by atoms with Gasteiger partial charge in [0.05, 0.1) is 38.0 Å². The van der Waals surface area contributed by atoms with Crippen molar-refractivity contribution in [3.05, 3.63) is 62.6 Å². The van der Waals surface area contributed by atoms with Gasteiger partial charge in [0.2, 0.25) is 0 Å². The Labute approximate surface area is 196 Å². The number of nitrogens with zero attached hydrogens (tertiary/aromatic N) is 1. The normalized spacial score (nSPS) is 13.2. The fraction of sp³-hybridized carbons (Fsp3) is 0.158. The van der Waals surface area contributed by atoms with Crippen LogP contribution in [-0.4, -0.2) is 39.8 Å². The summed E-state index contributed by atoms with van der Waals surface area (Å²) < 4.78 is 5.01. The molecule has 2 aromatic rings. The molecule has 3 rings (SSSR count). The number of halogens is 3. The van der Waals surface area contributed by atoms with Crippen molar-refractivity contribution in [1.82, 2.24) is 4.90 Å². The van der Waals surface area contributed by atoms with Crippen molar-refractivity contribution in [3.8, 4) is 5.75 Å². The summed E-state index contributed by atoms with van der Waals surface area (Å²) in [6.45, 7) is 1.33. The van der Waals surface area contributed by atoms with Crippen LogP contribution < -0.4 is 21.0 Å².